The summed E-state index contributed by atoms with van der Waals surface area (Å²) in [7, 11) is -2.10. The van der Waals surface area contributed by atoms with Crippen molar-refractivity contribution in [1.29, 1.82) is 0 Å². The highest BCUT2D eigenvalue weighted by Gasteiger charge is 2.41. The van der Waals surface area contributed by atoms with Crippen LogP contribution in [0.15, 0.2) is 24.3 Å². The van der Waals surface area contributed by atoms with E-state index < -0.39 is 16.3 Å². The SMILES string of the molecule is CNC(=O)[C@H]1Cc2ccccc2CN1S(=O)(=O)N1CCC(C)CC1. The van der Waals surface area contributed by atoms with Crippen LogP contribution in [0.1, 0.15) is 30.9 Å². The van der Waals surface area contributed by atoms with Gasteiger partial charge in [0.2, 0.25) is 5.91 Å². The zero-order valence-electron chi connectivity index (χ0n) is 14.2. The molecule has 0 unspecified atom stereocenters. The first-order valence-electron chi connectivity index (χ1n) is 8.48. The third-order valence-corrected chi connectivity index (χ3v) is 7.11. The van der Waals surface area contributed by atoms with E-state index in [0.29, 0.717) is 25.4 Å². The lowest BCUT2D eigenvalue weighted by atomic mass is 9.95. The van der Waals surface area contributed by atoms with Gasteiger partial charge in [0.05, 0.1) is 0 Å². The van der Waals surface area contributed by atoms with Crippen LogP contribution < -0.4 is 5.32 Å². The highest BCUT2D eigenvalue weighted by atomic mass is 32.2. The standard InChI is InChI=1S/C17H25N3O3S/c1-13-7-9-19(10-8-13)24(22,23)20-12-15-6-4-3-5-14(15)11-16(20)17(21)18-2/h3-6,13,16H,7-12H2,1-2H3,(H,18,21)/t16-/m1/s1. The Labute approximate surface area is 144 Å². The summed E-state index contributed by atoms with van der Waals surface area (Å²) in [4.78, 5) is 12.3. The molecule has 0 bridgehead atoms. The molecule has 2 aliphatic heterocycles. The smallest absolute Gasteiger partial charge is 0.283 e. The van der Waals surface area contributed by atoms with Gasteiger partial charge in [-0.25, -0.2) is 0 Å². The lowest BCUT2D eigenvalue weighted by molar-refractivity contribution is -0.124. The van der Waals surface area contributed by atoms with Gasteiger partial charge in [0.15, 0.2) is 0 Å². The highest BCUT2D eigenvalue weighted by Crippen LogP contribution is 2.29. The van der Waals surface area contributed by atoms with Crippen molar-refractivity contribution in [3.8, 4) is 0 Å². The van der Waals surface area contributed by atoms with Gasteiger partial charge < -0.3 is 5.32 Å². The van der Waals surface area contributed by atoms with Gasteiger partial charge >= 0.3 is 0 Å². The van der Waals surface area contributed by atoms with Crippen LogP contribution in [0.4, 0.5) is 0 Å². The maximum atomic E-state index is 13.2. The van der Waals surface area contributed by atoms with Gasteiger partial charge in [-0.1, -0.05) is 31.2 Å². The summed E-state index contributed by atoms with van der Waals surface area (Å²) < 4.78 is 29.2. The van der Waals surface area contributed by atoms with Crippen LogP contribution in [0.2, 0.25) is 0 Å². The molecule has 1 aromatic carbocycles. The molecule has 3 rings (SSSR count). The van der Waals surface area contributed by atoms with Crippen LogP contribution in [0.3, 0.4) is 0 Å². The van der Waals surface area contributed by atoms with Crippen molar-refractivity contribution in [3.63, 3.8) is 0 Å². The molecule has 2 heterocycles. The fraction of sp³-hybridized carbons (Fsp3) is 0.588. The van der Waals surface area contributed by atoms with Gasteiger partial charge in [-0.2, -0.15) is 17.0 Å². The number of nitrogens with one attached hydrogen (secondary N) is 1. The summed E-state index contributed by atoms with van der Waals surface area (Å²) in [6, 6.07) is 7.06. The zero-order valence-corrected chi connectivity index (χ0v) is 15.1. The Balaban J connectivity index is 1.92. The van der Waals surface area contributed by atoms with Crippen LogP contribution in [0.5, 0.6) is 0 Å². The van der Waals surface area contributed by atoms with Crippen LogP contribution in [-0.2, 0) is 28.0 Å². The molecular weight excluding hydrogens is 326 g/mol. The summed E-state index contributed by atoms with van der Waals surface area (Å²) in [5, 5.41) is 2.61. The molecular formula is C17H25N3O3S. The zero-order chi connectivity index (χ0) is 17.3. The fourth-order valence-electron chi connectivity index (χ4n) is 3.50. The average Bonchev–Trinajstić information content (AvgIpc) is 2.60. The quantitative estimate of drug-likeness (QED) is 0.888. The molecule has 2 aliphatic rings. The lowest BCUT2D eigenvalue weighted by Gasteiger charge is -2.39. The van der Waals surface area contributed by atoms with Crippen LogP contribution in [0, 0.1) is 5.92 Å². The number of benzene rings is 1. The Morgan fingerprint density at radius 3 is 2.42 bits per heavy atom. The molecule has 132 valence electrons. The maximum Gasteiger partial charge on any atom is 0.283 e. The highest BCUT2D eigenvalue weighted by molar-refractivity contribution is 7.86. The van der Waals surface area contributed by atoms with E-state index in [-0.39, 0.29) is 12.5 Å². The monoisotopic (exact) mass is 351 g/mol. The van der Waals surface area contributed by atoms with Crippen molar-refractivity contribution in [1.82, 2.24) is 13.9 Å². The van der Waals surface area contributed by atoms with E-state index in [0.717, 1.165) is 24.0 Å². The number of carbonyl (C=O) groups excluding carboxylic acids is 1. The van der Waals surface area contributed by atoms with E-state index in [9.17, 15) is 13.2 Å². The number of nitrogens with zero attached hydrogens (tertiary/aromatic N) is 2. The predicted octanol–water partition coefficient (Wildman–Crippen LogP) is 1.14. The van der Waals surface area contributed by atoms with Crippen molar-refractivity contribution in [2.24, 2.45) is 5.92 Å². The third kappa shape index (κ3) is 3.20. The second kappa shape index (κ2) is 6.82. The fourth-order valence-corrected chi connectivity index (χ4v) is 5.26. The second-order valence-electron chi connectivity index (χ2n) is 6.74. The van der Waals surface area contributed by atoms with E-state index in [1.54, 1.807) is 7.05 Å². The molecule has 0 radical (unpaired) electrons. The molecule has 7 heteroatoms. The Kier molecular flexibility index (Phi) is 4.94. The van der Waals surface area contributed by atoms with E-state index in [2.05, 4.69) is 12.2 Å². The molecule has 0 spiro atoms. The molecule has 0 saturated carbocycles. The minimum atomic E-state index is -3.65. The van der Waals surface area contributed by atoms with Gasteiger partial charge in [-0.05, 0) is 36.3 Å². The van der Waals surface area contributed by atoms with Crippen molar-refractivity contribution < 1.29 is 13.2 Å². The molecule has 1 fully saturated rings. The number of hydrogen-bond acceptors (Lipinski definition) is 3. The van der Waals surface area contributed by atoms with Gasteiger partial charge in [-0.3, -0.25) is 4.79 Å². The maximum absolute atomic E-state index is 13.2. The molecule has 24 heavy (non-hydrogen) atoms. The number of amides is 1. The molecule has 0 aliphatic carbocycles. The third-order valence-electron chi connectivity index (χ3n) is 5.12. The first kappa shape index (κ1) is 17.4. The first-order valence-corrected chi connectivity index (χ1v) is 9.88. The number of fused-ring (bicyclic) bond motifs is 1. The Morgan fingerprint density at radius 2 is 1.79 bits per heavy atom. The van der Waals surface area contributed by atoms with Crippen molar-refractivity contribution in [3.05, 3.63) is 35.4 Å². The average molecular weight is 351 g/mol. The minimum Gasteiger partial charge on any atom is -0.358 e. The van der Waals surface area contributed by atoms with Gasteiger partial charge in [0.1, 0.15) is 6.04 Å². The van der Waals surface area contributed by atoms with Gasteiger partial charge in [0.25, 0.3) is 10.2 Å². The van der Waals surface area contributed by atoms with Crippen molar-refractivity contribution >= 4 is 16.1 Å². The number of hydrogen-bond donors (Lipinski definition) is 1. The molecule has 6 nitrogen and oxygen atoms in total. The lowest BCUT2D eigenvalue weighted by Crippen LogP contribution is -2.56. The van der Waals surface area contributed by atoms with Crippen LogP contribution in [0.25, 0.3) is 0 Å². The van der Waals surface area contributed by atoms with Crippen LogP contribution >= 0.6 is 0 Å². The number of piperidine rings is 1. The topological polar surface area (TPSA) is 69.7 Å². The molecule has 1 aromatic rings. The number of carbonyl (C=O) groups is 1. The van der Waals surface area contributed by atoms with Crippen molar-refractivity contribution in [2.45, 2.75) is 38.8 Å². The summed E-state index contributed by atoms with van der Waals surface area (Å²) in [6.07, 6.45) is 2.15. The summed E-state index contributed by atoms with van der Waals surface area (Å²) in [5.74, 6) is 0.298. The van der Waals surface area contributed by atoms with Gasteiger partial charge in [-0.15, -0.1) is 0 Å². The molecule has 1 atom stereocenters. The summed E-state index contributed by atoms with van der Waals surface area (Å²) in [6.45, 7) is 3.46. The second-order valence-corrected chi connectivity index (χ2v) is 8.62. The summed E-state index contributed by atoms with van der Waals surface area (Å²) in [5.41, 5.74) is 2.02. The van der Waals surface area contributed by atoms with Crippen molar-refractivity contribution in [2.75, 3.05) is 20.1 Å². The van der Waals surface area contributed by atoms with E-state index >= 15 is 0 Å². The number of rotatable bonds is 3. The first-order chi connectivity index (χ1) is 11.4. The van der Waals surface area contributed by atoms with E-state index in [1.807, 2.05) is 24.3 Å². The Hall–Kier alpha value is -1.44. The van der Waals surface area contributed by atoms with E-state index in [1.165, 1.54) is 8.61 Å². The summed E-state index contributed by atoms with van der Waals surface area (Å²) >= 11 is 0. The Bertz CT molecular complexity index is 712. The predicted molar refractivity (Wildman–Crippen MR) is 92.4 cm³/mol. The Morgan fingerprint density at radius 1 is 1.17 bits per heavy atom. The molecule has 1 amide bonds. The largest absolute Gasteiger partial charge is 0.358 e. The molecule has 1 N–H and O–H groups in total. The normalized spacial score (nSPS) is 23.7. The van der Waals surface area contributed by atoms with E-state index in [4.69, 9.17) is 0 Å². The molecule has 1 saturated heterocycles. The van der Waals surface area contributed by atoms with Crippen LogP contribution in [-0.4, -0.2) is 49.1 Å². The number of likely N-dealkylation sites (N-methyl/N-ethyl adjacent to an activating group) is 1. The molecule has 0 aromatic heterocycles. The minimum absolute atomic E-state index is 0.251. The van der Waals surface area contributed by atoms with Gasteiger partial charge in [0, 0.05) is 26.7 Å².